The van der Waals surface area contributed by atoms with Crippen LogP contribution in [0.1, 0.15) is 26.7 Å². The van der Waals surface area contributed by atoms with Crippen LogP contribution in [0, 0.1) is 5.41 Å². The van der Waals surface area contributed by atoms with E-state index in [1.807, 2.05) is 19.9 Å². The van der Waals surface area contributed by atoms with Crippen molar-refractivity contribution in [2.24, 2.45) is 5.41 Å². The van der Waals surface area contributed by atoms with Crippen LogP contribution < -0.4 is 10.5 Å². The van der Waals surface area contributed by atoms with E-state index in [4.69, 9.17) is 0 Å². The molecule has 7 heteroatoms. The number of fused-ring (bicyclic) bond motifs is 5. The van der Waals surface area contributed by atoms with Crippen LogP contribution in [0.15, 0.2) is 23.4 Å². The van der Waals surface area contributed by atoms with Gasteiger partial charge in [0, 0.05) is 50.8 Å². The van der Waals surface area contributed by atoms with E-state index in [0.29, 0.717) is 23.5 Å². The number of aliphatic hydroxyl groups is 1. The lowest BCUT2D eigenvalue weighted by Gasteiger charge is -2.32. The molecule has 5 rings (SSSR count). The summed E-state index contributed by atoms with van der Waals surface area (Å²) >= 11 is 0. The molecule has 7 nitrogen and oxygen atoms in total. The number of rotatable bonds is 4. The fourth-order valence-corrected chi connectivity index (χ4v) is 4.02. The number of piperidine rings is 1. The molecular weight excluding hydrogens is 330 g/mol. The summed E-state index contributed by atoms with van der Waals surface area (Å²) in [5.41, 5.74) is 0.190. The molecule has 0 aromatic carbocycles. The number of pyridine rings is 1. The van der Waals surface area contributed by atoms with Gasteiger partial charge in [0.15, 0.2) is 0 Å². The topological polar surface area (TPSA) is 74.5 Å². The van der Waals surface area contributed by atoms with Gasteiger partial charge in [-0.1, -0.05) is 13.8 Å². The monoisotopic (exact) mass is 357 g/mol. The Hall–Kier alpha value is -1.99. The van der Waals surface area contributed by atoms with Crippen LogP contribution in [0.4, 0.5) is 5.82 Å². The van der Waals surface area contributed by atoms with Gasteiger partial charge in [-0.25, -0.2) is 9.97 Å². The SMILES string of the molecule is CC(C)(CO)Cn1cnc2cnc(N3CCN4CCC3CC4)cc2c1=O. The van der Waals surface area contributed by atoms with E-state index in [1.165, 1.54) is 0 Å². The van der Waals surface area contributed by atoms with Crippen molar-refractivity contribution in [3.05, 3.63) is 28.9 Å². The number of hydrogen-bond acceptors (Lipinski definition) is 6. The Morgan fingerprint density at radius 2 is 1.96 bits per heavy atom. The Bertz CT molecular complexity index is 855. The first-order chi connectivity index (χ1) is 12.5. The molecule has 26 heavy (non-hydrogen) atoms. The van der Waals surface area contributed by atoms with Crippen LogP contribution >= 0.6 is 0 Å². The number of hydrogen-bond donors (Lipinski definition) is 1. The molecule has 3 saturated heterocycles. The minimum atomic E-state index is -0.368. The summed E-state index contributed by atoms with van der Waals surface area (Å²) < 4.78 is 1.60. The van der Waals surface area contributed by atoms with Crippen molar-refractivity contribution in [2.75, 3.05) is 37.7 Å². The highest BCUT2D eigenvalue weighted by Crippen LogP contribution is 2.26. The molecule has 3 aliphatic heterocycles. The van der Waals surface area contributed by atoms with Crippen LogP contribution in [0.25, 0.3) is 10.9 Å². The maximum atomic E-state index is 13.0. The maximum absolute atomic E-state index is 13.0. The number of nitrogens with zero attached hydrogens (tertiary/aromatic N) is 5. The standard InChI is InChI=1S/C19H27N5O2/c1-19(2,12-25)11-23-13-21-16-10-20-17(9-15(16)18(23)26)24-8-7-22-5-3-14(24)4-6-22/h9-10,13-14,25H,3-8,11-12H2,1-2H3. The summed E-state index contributed by atoms with van der Waals surface area (Å²) in [6.45, 7) is 8.64. The van der Waals surface area contributed by atoms with Crippen molar-refractivity contribution in [1.82, 2.24) is 19.4 Å². The minimum absolute atomic E-state index is 0.0189. The Morgan fingerprint density at radius 1 is 1.19 bits per heavy atom. The Labute approximate surface area is 153 Å². The summed E-state index contributed by atoms with van der Waals surface area (Å²) in [4.78, 5) is 26.8. The Morgan fingerprint density at radius 3 is 2.69 bits per heavy atom. The fourth-order valence-electron chi connectivity index (χ4n) is 4.02. The lowest BCUT2D eigenvalue weighted by atomic mass is 9.95. The van der Waals surface area contributed by atoms with E-state index >= 15 is 0 Å². The molecule has 5 heterocycles. The van der Waals surface area contributed by atoms with Crippen molar-refractivity contribution in [1.29, 1.82) is 0 Å². The first kappa shape index (κ1) is 17.4. The van der Waals surface area contributed by atoms with Gasteiger partial charge in [-0.15, -0.1) is 0 Å². The van der Waals surface area contributed by atoms with Gasteiger partial charge in [0.1, 0.15) is 5.82 Å². The fraction of sp³-hybridized carbons (Fsp3) is 0.632. The summed E-state index contributed by atoms with van der Waals surface area (Å²) in [7, 11) is 0. The number of aromatic nitrogens is 3. The molecule has 3 fully saturated rings. The third-order valence-electron chi connectivity index (χ3n) is 5.67. The third-order valence-corrected chi connectivity index (χ3v) is 5.67. The van der Waals surface area contributed by atoms with Gasteiger partial charge >= 0.3 is 0 Å². The molecule has 0 atom stereocenters. The summed E-state index contributed by atoms with van der Waals surface area (Å²) in [5, 5.41) is 10.1. The highest BCUT2D eigenvalue weighted by molar-refractivity contribution is 5.79. The van der Waals surface area contributed by atoms with Gasteiger partial charge in [-0.05, 0) is 18.9 Å². The smallest absolute Gasteiger partial charge is 0.261 e. The van der Waals surface area contributed by atoms with Crippen molar-refractivity contribution in [3.8, 4) is 0 Å². The molecule has 0 unspecified atom stereocenters. The first-order valence-corrected chi connectivity index (χ1v) is 9.42. The highest BCUT2D eigenvalue weighted by atomic mass is 16.3. The van der Waals surface area contributed by atoms with Crippen LogP contribution in [0.5, 0.6) is 0 Å². The minimum Gasteiger partial charge on any atom is -0.396 e. The molecule has 1 N–H and O–H groups in total. The summed E-state index contributed by atoms with van der Waals surface area (Å²) in [6, 6.07) is 2.41. The third kappa shape index (κ3) is 3.21. The lowest BCUT2D eigenvalue weighted by Crippen LogP contribution is -2.38. The Balaban J connectivity index is 1.72. The average Bonchev–Trinajstić information content (AvgIpc) is 2.98. The largest absolute Gasteiger partial charge is 0.396 e. The van der Waals surface area contributed by atoms with Crippen LogP contribution in [-0.2, 0) is 6.54 Å². The van der Waals surface area contributed by atoms with E-state index in [-0.39, 0.29) is 17.6 Å². The van der Waals surface area contributed by atoms with Crippen LogP contribution in [-0.4, -0.2) is 63.4 Å². The number of anilines is 1. The predicted molar refractivity (Wildman–Crippen MR) is 101 cm³/mol. The van der Waals surface area contributed by atoms with Crippen LogP contribution in [0.2, 0.25) is 0 Å². The zero-order chi connectivity index (χ0) is 18.3. The lowest BCUT2D eigenvalue weighted by molar-refractivity contribution is 0.139. The molecule has 140 valence electrons. The molecule has 0 amide bonds. The van der Waals surface area contributed by atoms with Gasteiger partial charge in [0.05, 0.1) is 23.4 Å². The van der Waals surface area contributed by atoms with Crippen molar-refractivity contribution in [3.63, 3.8) is 0 Å². The second-order valence-corrected chi connectivity index (χ2v) is 8.33. The second kappa shape index (κ2) is 6.63. The van der Waals surface area contributed by atoms with E-state index in [9.17, 15) is 9.90 Å². The maximum Gasteiger partial charge on any atom is 0.261 e. The van der Waals surface area contributed by atoms with Crippen molar-refractivity contribution >= 4 is 16.7 Å². The molecule has 3 aliphatic rings. The molecule has 0 radical (unpaired) electrons. The first-order valence-electron chi connectivity index (χ1n) is 9.42. The quantitative estimate of drug-likeness (QED) is 0.883. The Kier molecular flexibility index (Phi) is 4.44. The molecular formula is C19H27N5O2. The highest BCUT2D eigenvalue weighted by Gasteiger charge is 2.30. The van der Waals surface area contributed by atoms with E-state index in [0.717, 1.165) is 44.8 Å². The predicted octanol–water partition coefficient (Wildman–Crippen LogP) is 1.09. The van der Waals surface area contributed by atoms with Gasteiger partial charge in [-0.2, -0.15) is 0 Å². The summed E-state index contributed by atoms with van der Waals surface area (Å²) in [6.07, 6.45) is 5.58. The second-order valence-electron chi connectivity index (χ2n) is 8.33. The van der Waals surface area contributed by atoms with Crippen LogP contribution in [0.3, 0.4) is 0 Å². The number of aliphatic hydroxyl groups excluding tert-OH is 1. The van der Waals surface area contributed by atoms with E-state index in [1.54, 1.807) is 17.1 Å². The molecule has 2 aromatic rings. The van der Waals surface area contributed by atoms with E-state index < -0.39 is 0 Å². The van der Waals surface area contributed by atoms with Gasteiger partial charge in [-0.3, -0.25) is 9.36 Å². The molecule has 0 aliphatic carbocycles. The molecule has 2 bridgehead atoms. The molecule has 0 spiro atoms. The zero-order valence-electron chi connectivity index (χ0n) is 15.6. The van der Waals surface area contributed by atoms with Gasteiger partial charge in [0.25, 0.3) is 5.56 Å². The van der Waals surface area contributed by atoms with E-state index in [2.05, 4.69) is 19.8 Å². The zero-order valence-corrected chi connectivity index (χ0v) is 15.6. The molecule has 2 aromatic heterocycles. The molecule has 0 saturated carbocycles. The van der Waals surface area contributed by atoms with Crippen molar-refractivity contribution in [2.45, 2.75) is 39.3 Å². The van der Waals surface area contributed by atoms with Crippen molar-refractivity contribution < 1.29 is 5.11 Å². The van der Waals surface area contributed by atoms with Gasteiger partial charge < -0.3 is 14.9 Å². The average molecular weight is 357 g/mol. The summed E-state index contributed by atoms with van der Waals surface area (Å²) in [5.74, 6) is 0.879. The van der Waals surface area contributed by atoms with Gasteiger partial charge in [0.2, 0.25) is 0 Å². The normalized spacial score (nSPS) is 23.4.